The molecule has 6 heteroatoms. The van der Waals surface area contributed by atoms with E-state index in [-0.39, 0.29) is 5.75 Å². The molecule has 1 aromatic heterocycles. The Morgan fingerprint density at radius 2 is 1.96 bits per heavy atom. The van der Waals surface area contributed by atoms with Crippen LogP contribution in [-0.4, -0.2) is 22.6 Å². The SMILES string of the molecule is CCNC(=NCc1cccc(O)c1)NCc1coc(-c2ccccc2)n1. The van der Waals surface area contributed by atoms with Gasteiger partial charge < -0.3 is 20.2 Å². The van der Waals surface area contributed by atoms with Crippen LogP contribution in [0.15, 0.2) is 70.3 Å². The van der Waals surface area contributed by atoms with E-state index in [1.807, 2.05) is 43.3 Å². The van der Waals surface area contributed by atoms with Gasteiger partial charge in [-0.25, -0.2) is 9.98 Å². The summed E-state index contributed by atoms with van der Waals surface area (Å²) in [5.74, 6) is 1.52. The van der Waals surface area contributed by atoms with Crippen LogP contribution in [-0.2, 0) is 13.1 Å². The monoisotopic (exact) mass is 350 g/mol. The Hall–Kier alpha value is -3.28. The normalized spacial score (nSPS) is 11.3. The zero-order valence-electron chi connectivity index (χ0n) is 14.6. The summed E-state index contributed by atoms with van der Waals surface area (Å²) in [6.45, 7) is 3.73. The van der Waals surface area contributed by atoms with Gasteiger partial charge in [0, 0.05) is 12.1 Å². The predicted octanol–water partition coefficient (Wildman–Crippen LogP) is 3.30. The maximum absolute atomic E-state index is 9.53. The minimum absolute atomic E-state index is 0.242. The number of nitrogens with zero attached hydrogens (tertiary/aromatic N) is 2. The lowest BCUT2D eigenvalue weighted by Crippen LogP contribution is -2.36. The Labute approximate surface area is 152 Å². The van der Waals surface area contributed by atoms with Crippen molar-refractivity contribution in [3.05, 3.63) is 72.1 Å². The smallest absolute Gasteiger partial charge is 0.226 e. The van der Waals surface area contributed by atoms with Gasteiger partial charge in [-0.15, -0.1) is 0 Å². The van der Waals surface area contributed by atoms with E-state index in [4.69, 9.17) is 4.42 Å². The lowest BCUT2D eigenvalue weighted by Gasteiger charge is -2.10. The molecule has 134 valence electrons. The molecule has 0 unspecified atom stereocenters. The van der Waals surface area contributed by atoms with Gasteiger partial charge in [0.2, 0.25) is 5.89 Å². The molecular formula is C20H22N4O2. The van der Waals surface area contributed by atoms with Crippen LogP contribution in [0.4, 0.5) is 0 Å². The topological polar surface area (TPSA) is 82.7 Å². The van der Waals surface area contributed by atoms with Crippen molar-refractivity contribution in [1.82, 2.24) is 15.6 Å². The van der Waals surface area contributed by atoms with Gasteiger partial charge in [-0.05, 0) is 36.8 Å². The fourth-order valence-corrected chi connectivity index (χ4v) is 2.44. The molecule has 0 aliphatic heterocycles. The van der Waals surface area contributed by atoms with E-state index in [9.17, 15) is 5.11 Å². The maximum atomic E-state index is 9.53. The van der Waals surface area contributed by atoms with Crippen molar-refractivity contribution in [3.8, 4) is 17.2 Å². The Morgan fingerprint density at radius 1 is 1.12 bits per heavy atom. The van der Waals surface area contributed by atoms with Gasteiger partial charge in [-0.3, -0.25) is 0 Å². The number of benzene rings is 2. The number of phenolic OH excluding ortho intramolecular Hbond substituents is 1. The van der Waals surface area contributed by atoms with E-state index < -0.39 is 0 Å². The van der Waals surface area contributed by atoms with Gasteiger partial charge in [-0.2, -0.15) is 0 Å². The molecule has 6 nitrogen and oxygen atoms in total. The molecule has 0 aliphatic rings. The van der Waals surface area contributed by atoms with E-state index in [0.29, 0.717) is 24.9 Å². The average Bonchev–Trinajstić information content (AvgIpc) is 3.14. The van der Waals surface area contributed by atoms with Crippen LogP contribution in [0, 0.1) is 0 Å². The van der Waals surface area contributed by atoms with Crippen molar-refractivity contribution >= 4 is 5.96 Å². The summed E-state index contributed by atoms with van der Waals surface area (Å²) in [4.78, 5) is 9.03. The number of phenols is 1. The molecule has 0 bridgehead atoms. The Morgan fingerprint density at radius 3 is 2.73 bits per heavy atom. The quantitative estimate of drug-likeness (QED) is 0.469. The first-order valence-electron chi connectivity index (χ1n) is 8.54. The molecule has 0 aliphatic carbocycles. The van der Waals surface area contributed by atoms with E-state index in [2.05, 4.69) is 20.6 Å². The molecule has 3 N–H and O–H groups in total. The standard InChI is InChI=1S/C20H22N4O2/c1-2-21-20(22-12-15-7-6-10-18(25)11-15)23-13-17-14-26-19(24-17)16-8-4-3-5-9-16/h3-11,14,25H,2,12-13H2,1H3,(H2,21,22,23). The van der Waals surface area contributed by atoms with Crippen LogP contribution >= 0.6 is 0 Å². The lowest BCUT2D eigenvalue weighted by atomic mass is 10.2. The number of aromatic nitrogens is 1. The second-order valence-corrected chi connectivity index (χ2v) is 5.73. The van der Waals surface area contributed by atoms with E-state index in [1.165, 1.54) is 0 Å². The second-order valence-electron chi connectivity index (χ2n) is 5.73. The minimum atomic E-state index is 0.242. The fourth-order valence-electron chi connectivity index (χ4n) is 2.44. The van der Waals surface area contributed by atoms with Crippen molar-refractivity contribution in [2.45, 2.75) is 20.0 Å². The molecule has 26 heavy (non-hydrogen) atoms. The number of hydrogen-bond donors (Lipinski definition) is 3. The van der Waals surface area contributed by atoms with Crippen LogP contribution in [0.3, 0.4) is 0 Å². The summed E-state index contributed by atoms with van der Waals surface area (Å²) in [6.07, 6.45) is 1.65. The van der Waals surface area contributed by atoms with E-state index in [0.717, 1.165) is 23.4 Å². The van der Waals surface area contributed by atoms with Crippen LogP contribution in [0.5, 0.6) is 5.75 Å². The summed E-state index contributed by atoms with van der Waals surface area (Å²) in [5, 5.41) is 16.0. The van der Waals surface area contributed by atoms with Gasteiger partial charge in [0.05, 0.1) is 18.8 Å². The zero-order chi connectivity index (χ0) is 18.2. The third-order valence-electron chi connectivity index (χ3n) is 3.68. The predicted molar refractivity (Wildman–Crippen MR) is 102 cm³/mol. The summed E-state index contributed by atoms with van der Waals surface area (Å²) < 4.78 is 5.55. The molecule has 0 atom stereocenters. The highest BCUT2D eigenvalue weighted by Gasteiger charge is 2.07. The molecule has 1 heterocycles. The minimum Gasteiger partial charge on any atom is -0.508 e. The van der Waals surface area contributed by atoms with Crippen molar-refractivity contribution in [2.75, 3.05) is 6.54 Å². The molecule has 0 saturated carbocycles. The van der Waals surface area contributed by atoms with Crippen LogP contribution in [0.1, 0.15) is 18.2 Å². The van der Waals surface area contributed by atoms with Gasteiger partial charge in [-0.1, -0.05) is 30.3 Å². The first-order chi connectivity index (χ1) is 12.7. The van der Waals surface area contributed by atoms with Crippen LogP contribution < -0.4 is 10.6 Å². The zero-order valence-corrected chi connectivity index (χ0v) is 14.6. The molecule has 0 radical (unpaired) electrons. The summed E-state index contributed by atoms with van der Waals surface area (Å²) in [5.41, 5.74) is 2.69. The Balaban J connectivity index is 1.62. The summed E-state index contributed by atoms with van der Waals surface area (Å²) in [6, 6.07) is 16.9. The highest BCUT2D eigenvalue weighted by molar-refractivity contribution is 5.79. The van der Waals surface area contributed by atoms with Gasteiger partial charge >= 0.3 is 0 Å². The molecule has 0 saturated heterocycles. The summed E-state index contributed by atoms with van der Waals surface area (Å²) >= 11 is 0. The fraction of sp³-hybridized carbons (Fsp3) is 0.200. The van der Waals surface area contributed by atoms with Gasteiger partial charge in [0.15, 0.2) is 5.96 Å². The number of guanidine groups is 1. The maximum Gasteiger partial charge on any atom is 0.226 e. The highest BCUT2D eigenvalue weighted by atomic mass is 16.3. The average molecular weight is 350 g/mol. The largest absolute Gasteiger partial charge is 0.508 e. The molecule has 3 rings (SSSR count). The number of nitrogens with one attached hydrogen (secondary N) is 2. The lowest BCUT2D eigenvalue weighted by molar-refractivity contribution is 0.474. The van der Waals surface area contributed by atoms with E-state index >= 15 is 0 Å². The molecule has 2 aromatic carbocycles. The number of rotatable bonds is 6. The van der Waals surface area contributed by atoms with Crippen molar-refractivity contribution in [3.63, 3.8) is 0 Å². The summed E-state index contributed by atoms with van der Waals surface area (Å²) in [7, 11) is 0. The van der Waals surface area contributed by atoms with Crippen molar-refractivity contribution < 1.29 is 9.52 Å². The third-order valence-corrected chi connectivity index (χ3v) is 3.68. The van der Waals surface area contributed by atoms with Crippen molar-refractivity contribution in [1.29, 1.82) is 0 Å². The number of aliphatic imine (C=N–C) groups is 1. The number of hydrogen-bond acceptors (Lipinski definition) is 4. The first-order valence-corrected chi connectivity index (χ1v) is 8.54. The van der Waals surface area contributed by atoms with Gasteiger partial charge in [0.25, 0.3) is 0 Å². The van der Waals surface area contributed by atoms with Crippen LogP contribution in [0.2, 0.25) is 0 Å². The third kappa shape index (κ3) is 4.86. The molecule has 0 spiro atoms. The molecule has 3 aromatic rings. The number of aromatic hydroxyl groups is 1. The van der Waals surface area contributed by atoms with Crippen LogP contribution in [0.25, 0.3) is 11.5 Å². The second kappa shape index (κ2) is 8.71. The Kier molecular flexibility index (Phi) is 5.88. The molecule has 0 fully saturated rings. The molecule has 0 amide bonds. The highest BCUT2D eigenvalue weighted by Crippen LogP contribution is 2.17. The van der Waals surface area contributed by atoms with E-state index in [1.54, 1.807) is 24.5 Å². The molecular weight excluding hydrogens is 328 g/mol. The Bertz CT molecular complexity index is 859. The van der Waals surface area contributed by atoms with Gasteiger partial charge in [0.1, 0.15) is 12.0 Å². The van der Waals surface area contributed by atoms with Crippen molar-refractivity contribution in [2.24, 2.45) is 4.99 Å². The first kappa shape index (κ1) is 17.5. The number of oxazole rings is 1.